The Morgan fingerprint density at radius 2 is 1.56 bits per heavy atom. The smallest absolute Gasteiger partial charge is 0.411 e. The van der Waals surface area contributed by atoms with E-state index in [1.54, 1.807) is 6.07 Å². The van der Waals surface area contributed by atoms with Crippen LogP contribution in [0.25, 0.3) is 22.0 Å². The van der Waals surface area contributed by atoms with Gasteiger partial charge < -0.3 is 34.4 Å². The molecule has 5 aromatic rings. The standard InChI is InChI=1S/C50H63N5O6Si/c1-50(2,3)62(4,5)61-45(41-22-24-44(47-42(41)23-25-46(56)54-47)59-34-35-14-8-6-9-15-35)33-52-38-21-20-37(32-38)48(57)51-28-31-55-29-26-39(27-30-55)60-49(58)53-43-19-13-12-18-40(43)36-16-10-7-11-17-36/h6-19,22-25,37-39,45,52H,20-21,26-34H2,1-5H3,(H,51,57)(H,53,58)(H,54,56)/t37-,38+,45-/m1/s1. The predicted octanol–water partition coefficient (Wildman–Crippen LogP) is 9.42. The molecule has 0 spiro atoms. The summed E-state index contributed by atoms with van der Waals surface area (Å²) in [6.45, 7) is 15.2. The van der Waals surface area contributed by atoms with Crippen molar-refractivity contribution in [3.63, 3.8) is 0 Å². The number of aromatic nitrogens is 1. The molecule has 2 fully saturated rings. The van der Waals surface area contributed by atoms with Gasteiger partial charge in [0, 0.05) is 61.7 Å². The Hall–Kier alpha value is -5.27. The van der Waals surface area contributed by atoms with Crippen LogP contribution in [0.5, 0.6) is 5.75 Å². The molecular weight excluding hydrogens is 795 g/mol. The number of nitrogens with one attached hydrogen (secondary N) is 4. The van der Waals surface area contributed by atoms with Gasteiger partial charge in [0.25, 0.3) is 0 Å². The fourth-order valence-electron chi connectivity index (χ4n) is 8.30. The third kappa shape index (κ3) is 11.6. The van der Waals surface area contributed by atoms with E-state index in [0.29, 0.717) is 31.0 Å². The molecule has 1 saturated carbocycles. The number of carbonyl (C=O) groups excluding carboxylic acids is 2. The number of hydrogen-bond donors (Lipinski definition) is 4. The first-order valence-corrected chi connectivity index (χ1v) is 25.1. The number of carbonyl (C=O) groups is 2. The van der Waals surface area contributed by atoms with Gasteiger partial charge >= 0.3 is 6.09 Å². The summed E-state index contributed by atoms with van der Waals surface area (Å²) < 4.78 is 19.2. The Bertz CT molecular complexity index is 2320. The molecule has 1 aliphatic heterocycles. The molecular formula is C50H63N5O6Si. The number of fused-ring (bicyclic) bond motifs is 1. The second-order valence-electron chi connectivity index (χ2n) is 18.3. The minimum absolute atomic E-state index is 0.0128. The summed E-state index contributed by atoms with van der Waals surface area (Å²) in [7, 11) is -2.23. The van der Waals surface area contributed by atoms with Crippen LogP contribution in [0.3, 0.4) is 0 Å². The van der Waals surface area contributed by atoms with Crippen molar-refractivity contribution < 1.29 is 23.5 Å². The van der Waals surface area contributed by atoms with Gasteiger partial charge in [-0.1, -0.05) is 106 Å². The highest BCUT2D eigenvalue weighted by atomic mass is 28.4. The second-order valence-corrected chi connectivity index (χ2v) is 23.1. The molecule has 328 valence electrons. The number of likely N-dealkylation sites (tertiary alicyclic amines) is 1. The maximum absolute atomic E-state index is 13.4. The number of hydrogen-bond acceptors (Lipinski definition) is 8. The molecule has 2 heterocycles. The van der Waals surface area contributed by atoms with Gasteiger partial charge in [-0.2, -0.15) is 0 Å². The lowest BCUT2D eigenvalue weighted by molar-refractivity contribution is -0.124. The van der Waals surface area contributed by atoms with Crippen LogP contribution in [0.2, 0.25) is 18.1 Å². The minimum atomic E-state index is -2.23. The van der Waals surface area contributed by atoms with Crippen molar-refractivity contribution in [3.05, 3.63) is 131 Å². The highest BCUT2D eigenvalue weighted by Crippen LogP contribution is 2.41. The van der Waals surface area contributed by atoms with E-state index in [-0.39, 0.29) is 40.7 Å². The number of aromatic amines is 1. The summed E-state index contributed by atoms with van der Waals surface area (Å²) in [4.78, 5) is 44.3. The molecule has 0 radical (unpaired) electrons. The Labute approximate surface area is 367 Å². The number of benzene rings is 4. The summed E-state index contributed by atoms with van der Waals surface area (Å²) in [5.74, 6) is 0.674. The number of pyridine rings is 1. The van der Waals surface area contributed by atoms with Crippen molar-refractivity contribution in [2.75, 3.05) is 38.0 Å². The number of rotatable bonds is 16. The molecule has 2 amide bonds. The van der Waals surface area contributed by atoms with E-state index in [0.717, 1.165) is 85.1 Å². The molecule has 7 rings (SSSR count). The van der Waals surface area contributed by atoms with Crippen LogP contribution in [-0.4, -0.2) is 75.1 Å². The molecule has 1 aliphatic carbocycles. The zero-order chi connectivity index (χ0) is 43.7. The monoisotopic (exact) mass is 857 g/mol. The van der Waals surface area contributed by atoms with Crippen molar-refractivity contribution in [2.24, 2.45) is 5.92 Å². The highest BCUT2D eigenvalue weighted by molar-refractivity contribution is 6.74. The van der Waals surface area contributed by atoms with E-state index in [2.05, 4.69) is 65.8 Å². The maximum Gasteiger partial charge on any atom is 0.411 e. The molecule has 4 N–H and O–H groups in total. The molecule has 1 saturated heterocycles. The molecule has 12 heteroatoms. The fourth-order valence-corrected chi connectivity index (χ4v) is 9.57. The quantitative estimate of drug-likeness (QED) is 0.0722. The van der Waals surface area contributed by atoms with Crippen molar-refractivity contribution in [1.29, 1.82) is 0 Å². The van der Waals surface area contributed by atoms with E-state index < -0.39 is 14.4 Å². The summed E-state index contributed by atoms with van der Waals surface area (Å²) in [6.07, 6.45) is 3.13. The molecule has 2 aliphatic rings. The molecule has 4 aromatic carbocycles. The SMILES string of the molecule is CC(C)(C)[Si](C)(C)O[C@H](CN[C@H]1CC[C@@H](C(=O)NCCN2CCC(OC(=O)Nc3ccccc3-c3ccccc3)CC2)C1)c1ccc(OCc2ccccc2)c2[nH]c(=O)ccc12. The number of amides is 2. The third-order valence-electron chi connectivity index (χ3n) is 12.9. The maximum atomic E-state index is 13.4. The number of ether oxygens (including phenoxy) is 2. The predicted molar refractivity (Wildman–Crippen MR) is 250 cm³/mol. The van der Waals surface area contributed by atoms with E-state index >= 15 is 0 Å². The topological polar surface area (TPSA) is 134 Å². The lowest BCUT2D eigenvalue weighted by atomic mass is 10.0. The number of anilines is 1. The normalized spacial score (nSPS) is 18.0. The van der Waals surface area contributed by atoms with Gasteiger partial charge in [-0.15, -0.1) is 0 Å². The number of nitrogens with zero attached hydrogens (tertiary/aromatic N) is 1. The first-order chi connectivity index (χ1) is 29.8. The van der Waals surface area contributed by atoms with E-state index in [4.69, 9.17) is 13.9 Å². The van der Waals surface area contributed by atoms with Crippen molar-refractivity contribution in [1.82, 2.24) is 20.5 Å². The number of piperidine rings is 1. The molecule has 62 heavy (non-hydrogen) atoms. The van der Waals surface area contributed by atoms with Gasteiger partial charge in [-0.25, -0.2) is 4.79 Å². The summed E-state index contributed by atoms with van der Waals surface area (Å²) in [5.41, 5.74) is 5.22. The van der Waals surface area contributed by atoms with E-state index in [1.165, 1.54) is 0 Å². The third-order valence-corrected chi connectivity index (χ3v) is 17.4. The Kier molecular flexibility index (Phi) is 14.6. The van der Waals surface area contributed by atoms with Gasteiger partial charge in [0.2, 0.25) is 11.5 Å². The lowest BCUT2D eigenvalue weighted by Gasteiger charge is -2.40. The van der Waals surface area contributed by atoms with Crippen LogP contribution in [-0.2, 0) is 20.6 Å². The second kappa shape index (κ2) is 20.3. The molecule has 3 atom stereocenters. The van der Waals surface area contributed by atoms with E-state index in [9.17, 15) is 14.4 Å². The first-order valence-electron chi connectivity index (χ1n) is 22.2. The highest BCUT2D eigenvalue weighted by Gasteiger charge is 2.40. The molecule has 1 aromatic heterocycles. The molecule has 0 unspecified atom stereocenters. The van der Waals surface area contributed by atoms with Crippen LogP contribution < -0.4 is 26.2 Å². The molecule has 11 nitrogen and oxygen atoms in total. The van der Waals surface area contributed by atoms with Gasteiger partial charge in [-0.3, -0.25) is 14.9 Å². The number of para-hydroxylation sites is 1. The van der Waals surface area contributed by atoms with E-state index in [1.807, 2.05) is 97.1 Å². The Balaban J connectivity index is 0.886. The van der Waals surface area contributed by atoms with Crippen LogP contribution in [0.15, 0.2) is 114 Å². The van der Waals surface area contributed by atoms with Crippen LogP contribution in [0.1, 0.15) is 70.1 Å². The summed E-state index contributed by atoms with van der Waals surface area (Å²) in [5, 5.41) is 10.8. The lowest BCUT2D eigenvalue weighted by Crippen LogP contribution is -2.44. The first kappa shape index (κ1) is 44.8. The zero-order valence-electron chi connectivity index (χ0n) is 36.9. The van der Waals surface area contributed by atoms with Gasteiger partial charge in [0.1, 0.15) is 18.5 Å². The number of H-pyrrole nitrogens is 1. The van der Waals surface area contributed by atoms with Crippen LogP contribution >= 0.6 is 0 Å². The van der Waals surface area contributed by atoms with Crippen molar-refractivity contribution in [2.45, 2.75) is 95.9 Å². The summed E-state index contributed by atoms with van der Waals surface area (Å²) >= 11 is 0. The van der Waals surface area contributed by atoms with Gasteiger partial charge in [-0.05, 0) is 85.1 Å². The van der Waals surface area contributed by atoms with Gasteiger partial charge in [0.15, 0.2) is 8.32 Å². The zero-order valence-corrected chi connectivity index (χ0v) is 37.9. The largest absolute Gasteiger partial charge is 0.487 e. The van der Waals surface area contributed by atoms with Crippen LogP contribution in [0, 0.1) is 5.92 Å². The van der Waals surface area contributed by atoms with Crippen molar-refractivity contribution in [3.8, 4) is 16.9 Å². The fraction of sp³-hybridized carbons (Fsp3) is 0.420. The Morgan fingerprint density at radius 3 is 2.31 bits per heavy atom. The Morgan fingerprint density at radius 1 is 0.855 bits per heavy atom. The molecule has 0 bridgehead atoms. The average Bonchev–Trinajstić information content (AvgIpc) is 3.75. The minimum Gasteiger partial charge on any atom is -0.487 e. The summed E-state index contributed by atoms with van der Waals surface area (Å²) in [6, 6.07) is 35.3. The van der Waals surface area contributed by atoms with Crippen molar-refractivity contribution >= 4 is 36.9 Å². The average molecular weight is 858 g/mol. The van der Waals surface area contributed by atoms with Crippen LogP contribution in [0.4, 0.5) is 10.5 Å². The van der Waals surface area contributed by atoms with Gasteiger partial charge in [0.05, 0.1) is 17.3 Å².